The number of rotatable bonds is 5. The van der Waals surface area contributed by atoms with E-state index in [1.807, 2.05) is 38.1 Å². The van der Waals surface area contributed by atoms with Gasteiger partial charge in [-0.1, -0.05) is 37.2 Å². The van der Waals surface area contributed by atoms with Crippen LogP contribution >= 0.6 is 0 Å². The Balaban J connectivity index is 1.94. The van der Waals surface area contributed by atoms with Gasteiger partial charge < -0.3 is 15.2 Å². The van der Waals surface area contributed by atoms with Crippen molar-refractivity contribution in [1.82, 2.24) is 5.16 Å². The van der Waals surface area contributed by atoms with Crippen molar-refractivity contribution < 1.29 is 14.1 Å². The number of nitrogens with one attached hydrogen (secondary N) is 2. The van der Waals surface area contributed by atoms with Crippen LogP contribution in [-0.2, 0) is 9.59 Å². The minimum Gasteiger partial charge on any atom is -0.360 e. The van der Waals surface area contributed by atoms with Crippen molar-refractivity contribution in [2.75, 3.05) is 10.6 Å². The van der Waals surface area contributed by atoms with Gasteiger partial charge in [-0.25, -0.2) is 0 Å². The van der Waals surface area contributed by atoms with Gasteiger partial charge in [0.05, 0.1) is 0 Å². The van der Waals surface area contributed by atoms with Gasteiger partial charge in [0.15, 0.2) is 5.82 Å². The molecule has 2 rings (SSSR count). The van der Waals surface area contributed by atoms with Crippen molar-refractivity contribution in [2.24, 2.45) is 0 Å². The van der Waals surface area contributed by atoms with E-state index in [1.54, 1.807) is 13.0 Å². The number of anilines is 2. The van der Waals surface area contributed by atoms with Crippen molar-refractivity contribution in [3.63, 3.8) is 0 Å². The fourth-order valence-corrected chi connectivity index (χ4v) is 2.07. The Morgan fingerprint density at radius 2 is 1.86 bits per heavy atom. The van der Waals surface area contributed by atoms with Gasteiger partial charge in [-0.05, 0) is 24.5 Å². The van der Waals surface area contributed by atoms with Gasteiger partial charge in [0.25, 0.3) is 0 Å². The second kappa shape index (κ2) is 6.89. The van der Waals surface area contributed by atoms with E-state index in [-0.39, 0.29) is 18.2 Å². The number of amides is 2. The highest BCUT2D eigenvalue weighted by Crippen LogP contribution is 2.23. The van der Waals surface area contributed by atoms with E-state index in [2.05, 4.69) is 15.8 Å². The number of carbonyl (C=O) groups excluding carboxylic acids is 2. The van der Waals surface area contributed by atoms with Gasteiger partial charge in [-0.2, -0.15) is 0 Å². The molecule has 0 aliphatic rings. The summed E-state index contributed by atoms with van der Waals surface area (Å²) in [7, 11) is 0. The number of nitrogens with zero attached hydrogens (tertiary/aromatic N) is 1. The largest absolute Gasteiger partial charge is 0.360 e. The predicted molar refractivity (Wildman–Crippen MR) is 83.6 cm³/mol. The van der Waals surface area contributed by atoms with Gasteiger partial charge in [-0.15, -0.1) is 0 Å². The van der Waals surface area contributed by atoms with E-state index < -0.39 is 5.91 Å². The van der Waals surface area contributed by atoms with Gasteiger partial charge in [0, 0.05) is 11.8 Å². The lowest BCUT2D eigenvalue weighted by Gasteiger charge is -2.13. The molecule has 0 radical (unpaired) electrons. The fraction of sp³-hybridized carbons (Fsp3) is 0.312. The standard InChI is InChI=1S/C16H19N3O3/c1-10(2)12-6-4-5-7-13(12)17-15(20)9-16(21)18-14-8-11(3)22-19-14/h4-8,10H,9H2,1-3H3,(H,17,20)(H,18,19,21). The molecule has 0 aliphatic heterocycles. The maximum Gasteiger partial charge on any atom is 0.235 e. The summed E-state index contributed by atoms with van der Waals surface area (Å²) in [5.74, 6) is 0.366. The minimum absolute atomic E-state index is 0.279. The van der Waals surface area contributed by atoms with Gasteiger partial charge in [-0.3, -0.25) is 9.59 Å². The highest BCUT2D eigenvalue weighted by Gasteiger charge is 2.14. The molecule has 1 aromatic carbocycles. The lowest BCUT2D eigenvalue weighted by molar-refractivity contribution is -0.123. The molecule has 0 unspecified atom stereocenters. The summed E-state index contributed by atoms with van der Waals surface area (Å²) in [5.41, 5.74) is 1.76. The molecule has 116 valence electrons. The minimum atomic E-state index is -0.437. The lowest BCUT2D eigenvalue weighted by Crippen LogP contribution is -2.22. The summed E-state index contributed by atoms with van der Waals surface area (Å²) in [6.07, 6.45) is -0.279. The quantitative estimate of drug-likeness (QED) is 0.831. The number of para-hydroxylation sites is 1. The molecule has 0 saturated heterocycles. The maximum atomic E-state index is 12.0. The molecule has 1 heterocycles. The molecule has 6 nitrogen and oxygen atoms in total. The molecular formula is C16H19N3O3. The zero-order valence-electron chi connectivity index (χ0n) is 12.8. The molecule has 2 aromatic rings. The van der Waals surface area contributed by atoms with Gasteiger partial charge in [0.2, 0.25) is 11.8 Å². The highest BCUT2D eigenvalue weighted by atomic mass is 16.5. The Kier molecular flexibility index (Phi) is 4.93. The Labute approximate surface area is 128 Å². The monoisotopic (exact) mass is 301 g/mol. The van der Waals surface area contributed by atoms with E-state index in [4.69, 9.17) is 4.52 Å². The fourth-order valence-electron chi connectivity index (χ4n) is 2.07. The summed E-state index contributed by atoms with van der Waals surface area (Å²) in [6.45, 7) is 5.81. The zero-order valence-corrected chi connectivity index (χ0v) is 12.8. The average molecular weight is 301 g/mol. The summed E-state index contributed by atoms with van der Waals surface area (Å²) in [4.78, 5) is 23.8. The van der Waals surface area contributed by atoms with Crippen molar-refractivity contribution in [3.05, 3.63) is 41.7 Å². The Bertz CT molecular complexity index is 677. The summed E-state index contributed by atoms with van der Waals surface area (Å²) < 4.78 is 4.84. The van der Waals surface area contributed by atoms with Crippen LogP contribution in [0.25, 0.3) is 0 Å². The third-order valence-corrected chi connectivity index (χ3v) is 3.07. The number of aryl methyl sites for hydroxylation is 1. The van der Waals surface area contributed by atoms with Crippen LogP contribution < -0.4 is 10.6 Å². The van der Waals surface area contributed by atoms with Crippen molar-refractivity contribution in [3.8, 4) is 0 Å². The molecule has 0 atom stereocenters. The van der Waals surface area contributed by atoms with Crippen molar-refractivity contribution >= 4 is 23.3 Å². The van der Waals surface area contributed by atoms with Crippen LogP contribution in [0.4, 0.5) is 11.5 Å². The third kappa shape index (κ3) is 4.18. The second-order valence-electron chi connectivity index (χ2n) is 5.34. The first-order valence-electron chi connectivity index (χ1n) is 7.07. The molecule has 22 heavy (non-hydrogen) atoms. The molecular weight excluding hydrogens is 282 g/mol. The first kappa shape index (κ1) is 15.8. The van der Waals surface area contributed by atoms with Crippen LogP contribution in [0.15, 0.2) is 34.9 Å². The van der Waals surface area contributed by atoms with E-state index in [9.17, 15) is 9.59 Å². The van der Waals surface area contributed by atoms with Crippen LogP contribution in [0.5, 0.6) is 0 Å². The summed E-state index contributed by atoms with van der Waals surface area (Å²) in [5, 5.41) is 8.93. The average Bonchev–Trinajstić information content (AvgIpc) is 2.83. The van der Waals surface area contributed by atoms with Crippen LogP contribution in [0.2, 0.25) is 0 Å². The van der Waals surface area contributed by atoms with Crippen LogP contribution in [0, 0.1) is 6.92 Å². The Hall–Kier alpha value is -2.63. The van der Waals surface area contributed by atoms with E-state index in [1.165, 1.54) is 0 Å². The molecule has 2 N–H and O–H groups in total. The third-order valence-electron chi connectivity index (χ3n) is 3.07. The van der Waals surface area contributed by atoms with E-state index in [0.717, 1.165) is 11.3 Å². The molecule has 0 spiro atoms. The van der Waals surface area contributed by atoms with Crippen LogP contribution in [0.1, 0.15) is 37.5 Å². The summed E-state index contributed by atoms with van der Waals surface area (Å²) in [6, 6.07) is 9.14. The van der Waals surface area contributed by atoms with Crippen LogP contribution in [-0.4, -0.2) is 17.0 Å². The van der Waals surface area contributed by atoms with E-state index in [0.29, 0.717) is 11.6 Å². The molecule has 0 aliphatic carbocycles. The van der Waals surface area contributed by atoms with Gasteiger partial charge >= 0.3 is 0 Å². The molecule has 6 heteroatoms. The smallest absolute Gasteiger partial charge is 0.235 e. The molecule has 1 aromatic heterocycles. The summed E-state index contributed by atoms with van der Waals surface area (Å²) >= 11 is 0. The second-order valence-corrected chi connectivity index (χ2v) is 5.34. The number of carbonyl (C=O) groups is 2. The predicted octanol–water partition coefficient (Wildman–Crippen LogP) is 3.07. The number of hydrogen-bond donors (Lipinski definition) is 2. The number of hydrogen-bond acceptors (Lipinski definition) is 4. The topological polar surface area (TPSA) is 84.2 Å². The number of benzene rings is 1. The molecule has 2 amide bonds. The van der Waals surface area contributed by atoms with Crippen molar-refractivity contribution in [1.29, 1.82) is 0 Å². The van der Waals surface area contributed by atoms with Crippen molar-refractivity contribution in [2.45, 2.75) is 33.1 Å². The lowest BCUT2D eigenvalue weighted by atomic mass is 10.0. The van der Waals surface area contributed by atoms with Gasteiger partial charge in [0.1, 0.15) is 12.2 Å². The molecule has 0 fully saturated rings. The normalized spacial score (nSPS) is 10.5. The highest BCUT2D eigenvalue weighted by molar-refractivity contribution is 6.08. The molecule has 0 bridgehead atoms. The first-order valence-corrected chi connectivity index (χ1v) is 7.07. The van der Waals surface area contributed by atoms with E-state index >= 15 is 0 Å². The first-order chi connectivity index (χ1) is 10.5. The SMILES string of the molecule is Cc1cc(NC(=O)CC(=O)Nc2ccccc2C(C)C)no1. The Morgan fingerprint density at radius 3 is 2.50 bits per heavy atom. The number of aromatic nitrogens is 1. The maximum absolute atomic E-state index is 12.0. The Morgan fingerprint density at radius 1 is 1.18 bits per heavy atom. The molecule has 0 saturated carbocycles. The zero-order chi connectivity index (χ0) is 16.1. The van der Waals surface area contributed by atoms with Crippen LogP contribution in [0.3, 0.4) is 0 Å².